The molecule has 1 saturated heterocycles. The molecule has 1 aliphatic rings. The zero-order chi connectivity index (χ0) is 20.3. The van der Waals surface area contributed by atoms with E-state index in [1.165, 1.54) is 28.2 Å². The fourth-order valence-corrected chi connectivity index (χ4v) is 3.77. The van der Waals surface area contributed by atoms with Gasteiger partial charge >= 0.3 is 0 Å². The van der Waals surface area contributed by atoms with Crippen LogP contribution in [0.5, 0.6) is 0 Å². The minimum Gasteiger partial charge on any atom is -0.545 e. The molecule has 0 aliphatic carbocycles. The average molecular weight is 380 g/mol. The number of carboxylic acids is 1. The van der Waals surface area contributed by atoms with Gasteiger partial charge in [0.05, 0.1) is 32.1 Å². The van der Waals surface area contributed by atoms with Crippen LogP contribution in [0.15, 0.2) is 48.5 Å². The molecule has 3 rings (SSSR count). The standard InChI is InChI=1S/C23H28N2O3/c1-16(2)18-4-6-19(7-5-18)17(3)24-12-14-25(15-13-24)22(26)20-8-10-21(11-9-20)23(27)28/h4-11,16-17H,12-15H2,1-3H3,(H,27,28)/t17-/m0/s1. The number of carboxylic acid groups (broad SMARTS) is 1. The van der Waals surface area contributed by atoms with Crippen molar-refractivity contribution >= 4 is 11.9 Å². The summed E-state index contributed by atoms with van der Waals surface area (Å²) >= 11 is 0. The Balaban J connectivity index is 1.58. The fraction of sp³-hybridized carbons (Fsp3) is 0.391. The van der Waals surface area contributed by atoms with E-state index < -0.39 is 5.97 Å². The highest BCUT2D eigenvalue weighted by Crippen LogP contribution is 2.17. The van der Waals surface area contributed by atoms with E-state index in [2.05, 4.69) is 45.0 Å². The summed E-state index contributed by atoms with van der Waals surface area (Å²) in [4.78, 5) is 26.9. The van der Waals surface area contributed by atoms with Crippen LogP contribution in [0.4, 0.5) is 0 Å². The maximum absolute atomic E-state index is 12.7. The van der Waals surface area contributed by atoms with Gasteiger partial charge in [0, 0.05) is 11.1 Å². The van der Waals surface area contributed by atoms with Gasteiger partial charge in [0.15, 0.2) is 0 Å². The van der Waals surface area contributed by atoms with Crippen molar-refractivity contribution in [3.63, 3.8) is 0 Å². The van der Waals surface area contributed by atoms with Crippen LogP contribution in [0.25, 0.3) is 0 Å². The van der Waals surface area contributed by atoms with Gasteiger partial charge in [-0.05, 0) is 36.1 Å². The minimum absolute atomic E-state index is 0.0436. The minimum atomic E-state index is -1.23. The Labute approximate surface area is 166 Å². The molecule has 0 aromatic heterocycles. The third-order valence-corrected chi connectivity index (χ3v) is 5.78. The highest BCUT2D eigenvalue weighted by atomic mass is 16.4. The van der Waals surface area contributed by atoms with Crippen LogP contribution in [-0.2, 0) is 0 Å². The summed E-state index contributed by atoms with van der Waals surface area (Å²) in [7, 11) is 0. The quantitative estimate of drug-likeness (QED) is 0.850. The highest BCUT2D eigenvalue weighted by Gasteiger charge is 2.28. The normalized spacial score (nSPS) is 16.2. The number of aromatic carboxylic acids is 1. The van der Waals surface area contributed by atoms with Crippen LogP contribution in [0.2, 0.25) is 0 Å². The van der Waals surface area contributed by atoms with Crippen molar-refractivity contribution in [2.45, 2.75) is 32.7 Å². The van der Waals surface area contributed by atoms with Crippen molar-refractivity contribution in [1.82, 2.24) is 4.90 Å². The van der Waals surface area contributed by atoms with Gasteiger partial charge in [0.2, 0.25) is 0 Å². The SMILES string of the molecule is CC(C)c1ccc([C@H](C)[NH+]2CCN(C(=O)c3ccc(C(=O)[O-])cc3)CC2)cc1. The van der Waals surface area contributed by atoms with Gasteiger partial charge in [-0.15, -0.1) is 0 Å². The second kappa shape index (κ2) is 8.57. The summed E-state index contributed by atoms with van der Waals surface area (Å²) in [5.74, 6) is -0.739. The predicted octanol–water partition coefficient (Wildman–Crippen LogP) is 1.28. The summed E-state index contributed by atoms with van der Waals surface area (Å²) in [6.07, 6.45) is 0. The molecule has 2 aromatic carbocycles. The molecular formula is C23H28N2O3. The van der Waals surface area contributed by atoms with Crippen molar-refractivity contribution in [3.8, 4) is 0 Å². The number of carbonyl (C=O) groups is 2. The topological polar surface area (TPSA) is 64.9 Å². The Bertz CT molecular complexity index is 820. The smallest absolute Gasteiger partial charge is 0.254 e. The maximum Gasteiger partial charge on any atom is 0.254 e. The Kier molecular flexibility index (Phi) is 6.15. The molecule has 5 nitrogen and oxygen atoms in total. The summed E-state index contributed by atoms with van der Waals surface area (Å²) in [5, 5.41) is 10.8. The van der Waals surface area contributed by atoms with Gasteiger partial charge in [-0.2, -0.15) is 0 Å². The van der Waals surface area contributed by atoms with E-state index >= 15 is 0 Å². The van der Waals surface area contributed by atoms with Gasteiger partial charge in [-0.25, -0.2) is 0 Å². The van der Waals surface area contributed by atoms with E-state index in [4.69, 9.17) is 0 Å². The molecule has 0 unspecified atom stereocenters. The van der Waals surface area contributed by atoms with Crippen LogP contribution in [0.3, 0.4) is 0 Å². The number of quaternary nitrogens is 1. The molecule has 0 saturated carbocycles. The lowest BCUT2D eigenvalue weighted by atomic mass is 9.99. The van der Waals surface area contributed by atoms with E-state index in [0.29, 0.717) is 30.6 Å². The Morgan fingerprint density at radius 1 is 0.857 bits per heavy atom. The van der Waals surface area contributed by atoms with E-state index in [1.54, 1.807) is 12.1 Å². The first-order valence-corrected chi connectivity index (χ1v) is 9.92. The summed E-state index contributed by atoms with van der Waals surface area (Å²) in [6, 6.07) is 15.2. The van der Waals surface area contributed by atoms with E-state index in [-0.39, 0.29) is 11.5 Å². The molecule has 1 N–H and O–H groups in total. The fourth-order valence-electron chi connectivity index (χ4n) is 3.77. The van der Waals surface area contributed by atoms with Crippen molar-refractivity contribution in [2.24, 2.45) is 0 Å². The maximum atomic E-state index is 12.7. The van der Waals surface area contributed by atoms with Crippen LogP contribution in [-0.4, -0.2) is 43.0 Å². The van der Waals surface area contributed by atoms with Crippen molar-refractivity contribution in [2.75, 3.05) is 26.2 Å². The molecule has 0 bridgehead atoms. The van der Waals surface area contributed by atoms with Crippen molar-refractivity contribution in [3.05, 3.63) is 70.8 Å². The van der Waals surface area contributed by atoms with Gasteiger partial charge in [-0.3, -0.25) is 4.79 Å². The van der Waals surface area contributed by atoms with Crippen LogP contribution in [0.1, 0.15) is 64.6 Å². The predicted molar refractivity (Wildman–Crippen MR) is 106 cm³/mol. The summed E-state index contributed by atoms with van der Waals surface area (Å²) in [6.45, 7) is 9.84. The molecule has 5 heteroatoms. The van der Waals surface area contributed by atoms with E-state index in [9.17, 15) is 14.7 Å². The molecule has 2 aromatic rings. The zero-order valence-corrected chi connectivity index (χ0v) is 16.8. The van der Waals surface area contributed by atoms with Crippen LogP contribution in [0, 0.1) is 0 Å². The Morgan fingerprint density at radius 3 is 1.86 bits per heavy atom. The lowest BCUT2D eigenvalue weighted by Crippen LogP contribution is -3.14. The van der Waals surface area contributed by atoms with Crippen molar-refractivity contribution < 1.29 is 19.6 Å². The number of benzene rings is 2. The lowest BCUT2D eigenvalue weighted by molar-refractivity contribution is -0.933. The largest absolute Gasteiger partial charge is 0.545 e. The molecule has 1 fully saturated rings. The number of rotatable bonds is 5. The number of hydrogen-bond donors (Lipinski definition) is 1. The van der Waals surface area contributed by atoms with E-state index in [1.807, 2.05) is 4.90 Å². The molecule has 1 amide bonds. The zero-order valence-electron chi connectivity index (χ0n) is 16.8. The number of piperazine rings is 1. The first kappa shape index (κ1) is 20.1. The molecule has 148 valence electrons. The van der Waals surface area contributed by atoms with Gasteiger partial charge in [0.1, 0.15) is 6.04 Å². The molecule has 0 radical (unpaired) electrons. The van der Waals surface area contributed by atoms with Gasteiger partial charge < -0.3 is 19.7 Å². The Hall–Kier alpha value is -2.66. The summed E-state index contributed by atoms with van der Waals surface area (Å²) < 4.78 is 0. The first-order valence-electron chi connectivity index (χ1n) is 9.92. The summed E-state index contributed by atoms with van der Waals surface area (Å²) in [5.41, 5.74) is 3.29. The second-order valence-corrected chi connectivity index (χ2v) is 7.86. The van der Waals surface area contributed by atoms with Gasteiger partial charge in [-0.1, -0.05) is 50.2 Å². The molecule has 28 heavy (non-hydrogen) atoms. The lowest BCUT2D eigenvalue weighted by Gasteiger charge is -2.35. The monoisotopic (exact) mass is 380 g/mol. The molecular weight excluding hydrogens is 352 g/mol. The molecule has 1 aliphatic heterocycles. The Morgan fingerprint density at radius 2 is 1.36 bits per heavy atom. The number of hydrogen-bond acceptors (Lipinski definition) is 3. The third-order valence-electron chi connectivity index (χ3n) is 5.78. The van der Waals surface area contributed by atoms with Crippen molar-refractivity contribution in [1.29, 1.82) is 0 Å². The third kappa shape index (κ3) is 4.42. The average Bonchev–Trinajstić information content (AvgIpc) is 2.73. The molecule has 0 spiro atoms. The number of nitrogens with one attached hydrogen (secondary N) is 1. The second-order valence-electron chi connectivity index (χ2n) is 7.86. The number of amides is 1. The van der Waals surface area contributed by atoms with Gasteiger partial charge in [0.25, 0.3) is 5.91 Å². The molecule has 1 heterocycles. The van der Waals surface area contributed by atoms with E-state index in [0.717, 1.165) is 13.1 Å². The van der Waals surface area contributed by atoms with Crippen LogP contribution >= 0.6 is 0 Å². The molecule has 1 atom stereocenters. The van der Waals surface area contributed by atoms with Crippen LogP contribution < -0.4 is 10.0 Å². The number of carbonyl (C=O) groups excluding carboxylic acids is 2. The number of nitrogens with zero attached hydrogens (tertiary/aromatic N) is 1. The highest BCUT2D eigenvalue weighted by molar-refractivity contribution is 5.95. The first-order chi connectivity index (χ1) is 13.4.